The summed E-state index contributed by atoms with van der Waals surface area (Å²) in [6.45, 7) is 2.42. The second kappa shape index (κ2) is 7.09. The molecule has 2 atom stereocenters. The number of rotatable bonds is 3. The van der Waals surface area contributed by atoms with Gasteiger partial charge in [-0.2, -0.15) is 5.10 Å². The number of nitrogens with zero attached hydrogens (tertiary/aromatic N) is 3. The molecular weight excluding hydrogens is 338 g/mol. The van der Waals surface area contributed by atoms with Crippen LogP contribution in [0.5, 0.6) is 0 Å². The maximum absolute atomic E-state index is 12.7. The smallest absolute Gasteiger partial charge is 0.266 e. The first-order valence-electron chi connectivity index (χ1n) is 9.29. The topological polar surface area (TPSA) is 93.9 Å². The maximum Gasteiger partial charge on any atom is 0.266 e. The molecule has 1 spiro atoms. The molecule has 8 nitrogen and oxygen atoms in total. The average Bonchev–Trinajstić information content (AvgIpc) is 2.86. The minimum Gasteiger partial charge on any atom is -0.393 e. The Morgan fingerprint density at radius 2 is 2.27 bits per heavy atom. The van der Waals surface area contributed by atoms with Gasteiger partial charge in [0, 0.05) is 24.7 Å². The van der Waals surface area contributed by atoms with E-state index in [9.17, 15) is 14.7 Å². The van der Waals surface area contributed by atoms with Gasteiger partial charge in [-0.3, -0.25) is 9.59 Å². The van der Waals surface area contributed by atoms with Crippen molar-refractivity contribution in [3.8, 4) is 0 Å². The fourth-order valence-electron chi connectivity index (χ4n) is 4.10. The predicted molar refractivity (Wildman–Crippen MR) is 91.5 cm³/mol. The van der Waals surface area contributed by atoms with Crippen LogP contribution in [0.15, 0.2) is 23.1 Å². The number of aliphatic hydroxyl groups is 1. The number of aliphatic hydroxyl groups excluding tert-OH is 1. The summed E-state index contributed by atoms with van der Waals surface area (Å²) in [4.78, 5) is 26.4. The van der Waals surface area contributed by atoms with Crippen LogP contribution >= 0.6 is 0 Å². The Labute approximate surface area is 151 Å². The van der Waals surface area contributed by atoms with E-state index in [1.165, 1.54) is 10.7 Å². The second-order valence-corrected chi connectivity index (χ2v) is 7.64. The summed E-state index contributed by atoms with van der Waals surface area (Å²) >= 11 is 0. The molecule has 3 heterocycles. The maximum atomic E-state index is 12.7. The number of hydrogen-bond acceptors (Lipinski definition) is 6. The molecule has 3 fully saturated rings. The Morgan fingerprint density at radius 1 is 1.42 bits per heavy atom. The first-order valence-corrected chi connectivity index (χ1v) is 9.29. The monoisotopic (exact) mass is 363 g/mol. The van der Waals surface area contributed by atoms with Gasteiger partial charge < -0.3 is 19.5 Å². The van der Waals surface area contributed by atoms with E-state index in [2.05, 4.69) is 5.10 Å². The highest BCUT2D eigenvalue weighted by Crippen LogP contribution is 2.35. The lowest BCUT2D eigenvalue weighted by Crippen LogP contribution is -2.50. The first-order chi connectivity index (χ1) is 12.5. The quantitative estimate of drug-likeness (QED) is 0.799. The third-order valence-electron chi connectivity index (χ3n) is 5.62. The zero-order chi connectivity index (χ0) is 18.1. The van der Waals surface area contributed by atoms with Gasteiger partial charge in [-0.25, -0.2) is 4.68 Å². The van der Waals surface area contributed by atoms with Gasteiger partial charge in [0.25, 0.3) is 5.56 Å². The lowest BCUT2D eigenvalue weighted by molar-refractivity contribution is -0.147. The molecular formula is C18H25N3O5. The molecule has 2 aliphatic heterocycles. The Balaban J connectivity index is 1.41. The van der Waals surface area contributed by atoms with Gasteiger partial charge in [0.1, 0.15) is 5.60 Å². The summed E-state index contributed by atoms with van der Waals surface area (Å²) in [5.74, 6) is 0.0117. The zero-order valence-corrected chi connectivity index (χ0v) is 14.7. The Bertz CT molecular complexity index is 717. The highest BCUT2D eigenvalue weighted by Gasteiger charge is 2.46. The molecule has 1 aromatic heterocycles. The Morgan fingerprint density at radius 3 is 3.04 bits per heavy atom. The van der Waals surface area contributed by atoms with Gasteiger partial charge in [0.15, 0.2) is 0 Å². The number of aromatic nitrogens is 2. The molecule has 4 rings (SSSR count). The summed E-state index contributed by atoms with van der Waals surface area (Å²) in [7, 11) is 0. The van der Waals surface area contributed by atoms with Crippen molar-refractivity contribution in [3.05, 3.63) is 28.7 Å². The average molecular weight is 363 g/mol. The van der Waals surface area contributed by atoms with Crippen molar-refractivity contribution in [2.45, 2.75) is 50.0 Å². The van der Waals surface area contributed by atoms with Crippen molar-refractivity contribution in [1.29, 1.82) is 0 Å². The van der Waals surface area contributed by atoms with Gasteiger partial charge >= 0.3 is 0 Å². The fourth-order valence-corrected chi connectivity index (χ4v) is 4.10. The minimum atomic E-state index is -0.516. The normalized spacial score (nSPS) is 34.5. The van der Waals surface area contributed by atoms with Gasteiger partial charge in [-0.15, -0.1) is 0 Å². The van der Waals surface area contributed by atoms with E-state index < -0.39 is 5.60 Å². The number of ether oxygens (including phenoxy) is 2. The Hall–Kier alpha value is -1.77. The summed E-state index contributed by atoms with van der Waals surface area (Å²) < 4.78 is 13.4. The van der Waals surface area contributed by atoms with E-state index in [1.807, 2.05) is 4.90 Å². The van der Waals surface area contributed by atoms with Crippen molar-refractivity contribution in [2.24, 2.45) is 5.92 Å². The van der Waals surface area contributed by atoms with E-state index >= 15 is 0 Å². The van der Waals surface area contributed by atoms with Crippen LogP contribution in [0.25, 0.3) is 0 Å². The lowest BCUT2D eigenvalue weighted by atomic mass is 9.81. The molecule has 2 saturated heterocycles. The van der Waals surface area contributed by atoms with Gasteiger partial charge in [-0.1, -0.05) is 0 Å². The molecule has 0 radical (unpaired) electrons. The van der Waals surface area contributed by atoms with Crippen LogP contribution in [0.1, 0.15) is 25.7 Å². The first kappa shape index (κ1) is 17.6. The molecule has 142 valence electrons. The highest BCUT2D eigenvalue weighted by atomic mass is 16.6. The van der Waals surface area contributed by atoms with E-state index in [0.717, 1.165) is 12.8 Å². The minimum absolute atomic E-state index is 0.0792. The summed E-state index contributed by atoms with van der Waals surface area (Å²) in [6.07, 6.45) is 3.82. The SMILES string of the molecule is O=C(C1CC(O)C1)N1CCOC[C@]2(CCC(Cn3ncccc3=O)O2)C1. The molecule has 0 bridgehead atoms. The van der Waals surface area contributed by atoms with Crippen molar-refractivity contribution in [3.63, 3.8) is 0 Å². The molecule has 0 aromatic carbocycles. The number of amides is 1. The molecule has 1 amide bonds. The van der Waals surface area contributed by atoms with Crippen molar-refractivity contribution in [2.75, 3.05) is 26.3 Å². The van der Waals surface area contributed by atoms with Crippen molar-refractivity contribution < 1.29 is 19.4 Å². The predicted octanol–water partition coefficient (Wildman–Crippen LogP) is -0.209. The van der Waals surface area contributed by atoms with E-state index in [1.54, 1.807) is 12.3 Å². The van der Waals surface area contributed by atoms with Crippen LogP contribution in [0.2, 0.25) is 0 Å². The third-order valence-corrected chi connectivity index (χ3v) is 5.62. The number of hydrogen-bond donors (Lipinski definition) is 1. The molecule has 1 unspecified atom stereocenters. The van der Waals surface area contributed by atoms with Gasteiger partial charge in [-0.05, 0) is 31.7 Å². The van der Waals surface area contributed by atoms with Crippen molar-refractivity contribution in [1.82, 2.24) is 14.7 Å². The molecule has 1 saturated carbocycles. The van der Waals surface area contributed by atoms with Crippen LogP contribution in [0.4, 0.5) is 0 Å². The number of carbonyl (C=O) groups is 1. The van der Waals surface area contributed by atoms with Crippen LogP contribution in [-0.4, -0.2) is 69.8 Å². The standard InChI is InChI=1S/C18H25N3O5/c22-14-8-13(9-14)17(24)20-6-7-25-12-18(11-20)4-3-15(26-18)10-21-16(23)2-1-5-19-21/h1-2,5,13-15,22H,3-4,6-12H2/t13?,14?,15?,18-/m0/s1. The van der Waals surface area contributed by atoms with Gasteiger partial charge in [0.2, 0.25) is 5.91 Å². The Kier molecular flexibility index (Phi) is 4.81. The van der Waals surface area contributed by atoms with E-state index in [-0.39, 0.29) is 29.6 Å². The van der Waals surface area contributed by atoms with Crippen LogP contribution in [0.3, 0.4) is 0 Å². The molecule has 8 heteroatoms. The highest BCUT2D eigenvalue weighted by molar-refractivity contribution is 5.80. The molecule has 1 N–H and O–H groups in total. The largest absolute Gasteiger partial charge is 0.393 e. The number of carbonyl (C=O) groups excluding carboxylic acids is 1. The fraction of sp³-hybridized carbons (Fsp3) is 0.722. The molecule has 3 aliphatic rings. The van der Waals surface area contributed by atoms with Crippen LogP contribution < -0.4 is 5.56 Å². The molecule has 1 aliphatic carbocycles. The lowest BCUT2D eigenvalue weighted by Gasteiger charge is -2.37. The third kappa shape index (κ3) is 3.54. The summed E-state index contributed by atoms with van der Waals surface area (Å²) in [5.41, 5.74) is -0.660. The second-order valence-electron chi connectivity index (χ2n) is 7.64. The van der Waals surface area contributed by atoms with E-state index in [4.69, 9.17) is 9.47 Å². The summed E-state index contributed by atoms with van der Waals surface area (Å²) in [6, 6.07) is 3.11. The summed E-state index contributed by atoms with van der Waals surface area (Å²) in [5, 5.41) is 13.6. The zero-order valence-electron chi connectivity index (χ0n) is 14.7. The molecule has 1 aromatic rings. The van der Waals surface area contributed by atoms with E-state index in [0.29, 0.717) is 45.7 Å². The van der Waals surface area contributed by atoms with Crippen LogP contribution in [0, 0.1) is 5.92 Å². The van der Waals surface area contributed by atoms with Gasteiger partial charge in [0.05, 0.1) is 38.5 Å². The molecule has 26 heavy (non-hydrogen) atoms. The van der Waals surface area contributed by atoms with Crippen molar-refractivity contribution >= 4 is 5.91 Å². The van der Waals surface area contributed by atoms with Crippen LogP contribution in [-0.2, 0) is 20.8 Å².